The van der Waals surface area contributed by atoms with Gasteiger partial charge in [0, 0.05) is 42.0 Å². The van der Waals surface area contributed by atoms with Crippen LogP contribution >= 0.6 is 11.6 Å². The summed E-state index contributed by atoms with van der Waals surface area (Å²) in [6.07, 6.45) is 1.44. The molecule has 41 heavy (non-hydrogen) atoms. The van der Waals surface area contributed by atoms with Gasteiger partial charge in [0.1, 0.15) is 5.03 Å². The number of rotatable bonds is 8. The largest absolute Gasteiger partial charge is 0.465 e. The molecule has 3 fully saturated rings. The number of carbonyl (C=O) groups is 3. The monoisotopic (exact) mass is 609 g/mol. The van der Waals surface area contributed by atoms with Crippen LogP contribution in [0.1, 0.15) is 33.1 Å². The topological polar surface area (TPSA) is 133 Å². The van der Waals surface area contributed by atoms with Gasteiger partial charge in [0.25, 0.3) is 10.0 Å². The Hall–Kier alpha value is -2.71. The van der Waals surface area contributed by atoms with E-state index in [4.69, 9.17) is 21.1 Å². The minimum Gasteiger partial charge on any atom is -0.465 e. The number of hydrogen-bond acceptors (Lipinski definition) is 8. The van der Waals surface area contributed by atoms with Gasteiger partial charge in [0.15, 0.2) is 5.72 Å². The van der Waals surface area contributed by atoms with Crippen molar-refractivity contribution < 1.29 is 32.3 Å². The summed E-state index contributed by atoms with van der Waals surface area (Å²) < 4.78 is 40.8. The fraction of sp³-hybridized carbons (Fsp3) is 0.593. The van der Waals surface area contributed by atoms with Crippen LogP contribution in [-0.2, 0) is 33.9 Å². The van der Waals surface area contributed by atoms with E-state index in [0.717, 1.165) is 4.31 Å². The molecule has 0 radical (unpaired) electrons. The number of likely N-dealkylation sites (N-methyl/N-ethyl adjacent to an activating group) is 1. The molecule has 1 spiro atoms. The Morgan fingerprint density at radius 1 is 1.17 bits per heavy atom. The average molecular weight is 610 g/mol. The van der Waals surface area contributed by atoms with E-state index in [-0.39, 0.29) is 56.2 Å². The zero-order valence-corrected chi connectivity index (χ0v) is 25.1. The number of ether oxygens (including phenoxy) is 2. The lowest BCUT2D eigenvalue weighted by molar-refractivity contribution is -0.187. The molecule has 0 bridgehead atoms. The number of hydrogen-bond donors (Lipinski definition) is 1. The van der Waals surface area contributed by atoms with Crippen molar-refractivity contribution in [2.75, 3.05) is 59.5 Å². The fourth-order valence-electron chi connectivity index (χ4n) is 6.17. The maximum absolute atomic E-state index is 13.9. The first-order valence-electron chi connectivity index (χ1n) is 13.8. The van der Waals surface area contributed by atoms with Crippen LogP contribution in [0.25, 0.3) is 10.9 Å². The van der Waals surface area contributed by atoms with Crippen LogP contribution in [-0.4, -0.2) is 121 Å². The standard InChI is InChI=1S/C27H36ClN5O7S/c1-4-23(34)31-10-8-26(9-11-31)16-33-24(35)14-32(18-27(33,40-26)17-30(3)15-25(36)39-5-2)41(37,38)22-13-19-12-20(28)6-7-21(19)29-22/h6-7,12-13,29H,4-5,8-11,14-18H2,1-3H3. The Balaban J connectivity index is 1.46. The number of benzene rings is 1. The zero-order chi connectivity index (χ0) is 29.6. The van der Waals surface area contributed by atoms with E-state index in [0.29, 0.717) is 48.3 Å². The summed E-state index contributed by atoms with van der Waals surface area (Å²) in [6.45, 7) is 4.61. The number of piperazine rings is 1. The molecule has 1 aromatic heterocycles. The van der Waals surface area contributed by atoms with Crippen molar-refractivity contribution in [1.29, 1.82) is 0 Å². The summed E-state index contributed by atoms with van der Waals surface area (Å²) in [5.41, 5.74) is -1.47. The Bertz CT molecular complexity index is 1460. The summed E-state index contributed by atoms with van der Waals surface area (Å²) in [6, 6.07) is 6.54. The lowest BCUT2D eigenvalue weighted by Gasteiger charge is -2.46. The van der Waals surface area contributed by atoms with E-state index in [9.17, 15) is 22.8 Å². The van der Waals surface area contributed by atoms with Gasteiger partial charge in [0.2, 0.25) is 11.8 Å². The van der Waals surface area contributed by atoms with Crippen LogP contribution < -0.4 is 0 Å². The molecule has 1 aromatic carbocycles. The first-order chi connectivity index (χ1) is 19.4. The molecule has 0 saturated carbocycles. The number of carbonyl (C=O) groups excluding carboxylic acids is 3. The molecule has 0 aliphatic carbocycles. The van der Waals surface area contributed by atoms with E-state index in [2.05, 4.69) is 4.98 Å². The number of piperidine rings is 1. The first-order valence-corrected chi connectivity index (χ1v) is 15.6. The van der Waals surface area contributed by atoms with Gasteiger partial charge >= 0.3 is 5.97 Å². The summed E-state index contributed by atoms with van der Waals surface area (Å²) in [5, 5.41) is 1.06. The van der Waals surface area contributed by atoms with Crippen molar-refractivity contribution in [2.24, 2.45) is 0 Å². The minimum absolute atomic E-state index is 0.0508. The summed E-state index contributed by atoms with van der Waals surface area (Å²) in [7, 11) is -2.43. The Labute approximate surface area is 244 Å². The van der Waals surface area contributed by atoms with Gasteiger partial charge in [-0.2, -0.15) is 4.31 Å². The molecule has 3 aliphatic heterocycles. The Morgan fingerprint density at radius 2 is 1.90 bits per heavy atom. The van der Waals surface area contributed by atoms with Crippen molar-refractivity contribution in [3.63, 3.8) is 0 Å². The van der Waals surface area contributed by atoms with Crippen molar-refractivity contribution in [1.82, 2.24) is 24.0 Å². The molecule has 2 aromatic rings. The van der Waals surface area contributed by atoms with Crippen molar-refractivity contribution in [3.8, 4) is 0 Å². The Morgan fingerprint density at radius 3 is 2.59 bits per heavy atom. The van der Waals surface area contributed by atoms with E-state index >= 15 is 0 Å². The number of nitrogens with one attached hydrogen (secondary N) is 1. The highest BCUT2D eigenvalue weighted by molar-refractivity contribution is 7.89. The number of likely N-dealkylation sites (tertiary alicyclic amines) is 1. The highest BCUT2D eigenvalue weighted by atomic mass is 35.5. The summed E-state index contributed by atoms with van der Waals surface area (Å²) >= 11 is 6.10. The normalized spacial score (nSPS) is 23.0. The second-order valence-corrected chi connectivity index (χ2v) is 13.4. The Kier molecular flexibility index (Phi) is 8.11. The third-order valence-corrected chi connectivity index (χ3v) is 10.1. The molecule has 2 amide bonds. The van der Waals surface area contributed by atoms with Crippen LogP contribution in [0.2, 0.25) is 5.02 Å². The number of nitrogens with zero attached hydrogens (tertiary/aromatic N) is 4. The van der Waals surface area contributed by atoms with Crippen LogP contribution in [0.3, 0.4) is 0 Å². The highest BCUT2D eigenvalue weighted by Gasteiger charge is 2.61. The number of H-pyrrole nitrogens is 1. The highest BCUT2D eigenvalue weighted by Crippen LogP contribution is 2.44. The zero-order valence-electron chi connectivity index (χ0n) is 23.5. The van der Waals surface area contributed by atoms with E-state index in [1.165, 1.54) is 6.07 Å². The smallest absolute Gasteiger partial charge is 0.320 e. The van der Waals surface area contributed by atoms with Crippen molar-refractivity contribution >= 4 is 50.3 Å². The quantitative estimate of drug-likeness (QED) is 0.447. The lowest BCUT2D eigenvalue weighted by Crippen LogP contribution is -2.67. The first kappa shape index (κ1) is 29.8. The summed E-state index contributed by atoms with van der Waals surface area (Å²) in [4.78, 5) is 46.3. The molecular weight excluding hydrogens is 574 g/mol. The molecule has 14 heteroatoms. The van der Waals surface area contributed by atoms with Gasteiger partial charge in [0.05, 0.1) is 38.4 Å². The van der Waals surface area contributed by atoms with Gasteiger partial charge in [-0.15, -0.1) is 0 Å². The van der Waals surface area contributed by atoms with Crippen LogP contribution in [0, 0.1) is 0 Å². The van der Waals surface area contributed by atoms with E-state index < -0.39 is 27.3 Å². The number of esters is 1. The third-order valence-electron chi connectivity index (χ3n) is 8.11. The van der Waals surface area contributed by atoms with Gasteiger partial charge in [-0.25, -0.2) is 8.42 Å². The second-order valence-electron chi connectivity index (χ2n) is 11.1. The number of halogens is 1. The molecule has 4 heterocycles. The maximum atomic E-state index is 13.9. The minimum atomic E-state index is -4.14. The van der Waals surface area contributed by atoms with Gasteiger partial charge < -0.3 is 24.3 Å². The number of sulfonamides is 1. The third kappa shape index (κ3) is 5.70. The van der Waals surface area contributed by atoms with Crippen molar-refractivity contribution in [2.45, 2.75) is 49.5 Å². The van der Waals surface area contributed by atoms with Crippen LogP contribution in [0.5, 0.6) is 0 Å². The number of aromatic amines is 1. The molecule has 3 aliphatic rings. The molecule has 1 atom stereocenters. The SMILES string of the molecule is CCOC(=O)CN(C)CC12CN(S(=O)(=O)c3cc4cc(Cl)ccc4[nH]3)CC(=O)N1CC1(CCN(C(=O)CC)CC1)O2. The maximum Gasteiger partial charge on any atom is 0.320 e. The van der Waals surface area contributed by atoms with Crippen molar-refractivity contribution in [3.05, 3.63) is 29.3 Å². The average Bonchev–Trinajstić information content (AvgIpc) is 3.48. The summed E-state index contributed by atoms with van der Waals surface area (Å²) in [5.74, 6) is -0.750. The van der Waals surface area contributed by atoms with E-state index in [1.807, 2.05) is 6.92 Å². The van der Waals surface area contributed by atoms with Gasteiger partial charge in [-0.05, 0) is 51.1 Å². The number of amides is 2. The molecular formula is C27H36ClN5O7S. The molecule has 1 unspecified atom stereocenters. The van der Waals surface area contributed by atoms with E-state index in [1.54, 1.807) is 46.9 Å². The van der Waals surface area contributed by atoms with Gasteiger partial charge in [-0.3, -0.25) is 19.3 Å². The number of fused-ring (bicyclic) bond motifs is 2. The molecule has 224 valence electrons. The second kappa shape index (κ2) is 11.2. The molecule has 3 saturated heterocycles. The van der Waals surface area contributed by atoms with Gasteiger partial charge in [-0.1, -0.05) is 18.5 Å². The fourth-order valence-corrected chi connectivity index (χ4v) is 7.79. The predicted molar refractivity (Wildman–Crippen MR) is 151 cm³/mol. The molecule has 5 rings (SSSR count). The van der Waals surface area contributed by atoms with Crippen LogP contribution in [0.15, 0.2) is 29.3 Å². The molecule has 1 N–H and O–H groups in total. The lowest BCUT2D eigenvalue weighted by atomic mass is 9.91. The number of aromatic nitrogens is 1. The van der Waals surface area contributed by atoms with Crippen LogP contribution in [0.4, 0.5) is 0 Å². The molecule has 12 nitrogen and oxygen atoms in total. The predicted octanol–water partition coefficient (Wildman–Crippen LogP) is 1.65.